The van der Waals surface area contributed by atoms with E-state index in [0.717, 1.165) is 28.4 Å². The summed E-state index contributed by atoms with van der Waals surface area (Å²) in [6.07, 6.45) is 1.87. The number of carbonyl (C=O) groups excluding carboxylic acids is 1. The number of thioether (sulfide) groups is 1. The molecule has 1 aliphatic rings. The minimum absolute atomic E-state index is 0.199. The lowest BCUT2D eigenvalue weighted by Crippen LogP contribution is -2.19. The van der Waals surface area contributed by atoms with E-state index in [-0.39, 0.29) is 11.7 Å². The number of amidine groups is 1. The van der Waals surface area contributed by atoms with E-state index in [1.807, 2.05) is 44.2 Å². The minimum atomic E-state index is -0.324. The molecule has 0 spiro atoms. The molecule has 2 aromatic carbocycles. The van der Waals surface area contributed by atoms with E-state index in [2.05, 4.69) is 20.9 Å². The molecule has 3 aromatic rings. The van der Waals surface area contributed by atoms with Gasteiger partial charge in [0.25, 0.3) is 5.91 Å². The smallest absolute Gasteiger partial charge is 0.264 e. The summed E-state index contributed by atoms with van der Waals surface area (Å²) in [6, 6.07) is 15.7. The average Bonchev–Trinajstić information content (AvgIpc) is 3.22. The molecule has 0 radical (unpaired) electrons. The van der Waals surface area contributed by atoms with Gasteiger partial charge in [-0.05, 0) is 91.8 Å². The number of amides is 1. The van der Waals surface area contributed by atoms with Crippen LogP contribution >= 0.6 is 11.8 Å². The average molecular weight is 421 g/mol. The number of rotatable bonds is 4. The van der Waals surface area contributed by atoms with E-state index in [9.17, 15) is 9.18 Å². The molecule has 2 heterocycles. The van der Waals surface area contributed by atoms with Crippen molar-refractivity contribution in [2.45, 2.75) is 13.8 Å². The van der Waals surface area contributed by atoms with Crippen LogP contribution in [-0.2, 0) is 4.79 Å². The first-order valence-corrected chi connectivity index (χ1v) is 10.1. The van der Waals surface area contributed by atoms with Crippen molar-refractivity contribution < 1.29 is 13.9 Å². The van der Waals surface area contributed by atoms with Gasteiger partial charge < -0.3 is 14.6 Å². The molecule has 0 atom stereocenters. The van der Waals surface area contributed by atoms with Crippen molar-refractivity contribution in [3.05, 3.63) is 82.3 Å². The van der Waals surface area contributed by atoms with Crippen molar-refractivity contribution in [2.24, 2.45) is 4.99 Å². The van der Waals surface area contributed by atoms with Crippen LogP contribution in [0.2, 0.25) is 0 Å². The van der Waals surface area contributed by atoms with Crippen LogP contribution in [0.4, 0.5) is 10.1 Å². The summed E-state index contributed by atoms with van der Waals surface area (Å²) in [6.45, 7) is 4.05. The molecule has 1 fully saturated rings. The molecule has 0 unspecified atom stereocenters. The standard InChI is InChI=1S/C23H20FN3O2S/c1-14-12-16(15(2)27(14)19-8-10-20(29-3)11-9-19)13-21-22(28)26-23(30-21)25-18-6-4-17(24)5-7-18/h4-13H,1-3H3,(H,25,26,28)/b21-13+. The van der Waals surface area contributed by atoms with E-state index >= 15 is 0 Å². The van der Waals surface area contributed by atoms with Crippen LogP contribution in [0.1, 0.15) is 17.0 Å². The van der Waals surface area contributed by atoms with Crippen LogP contribution in [0.25, 0.3) is 11.8 Å². The lowest BCUT2D eigenvalue weighted by molar-refractivity contribution is -0.115. The highest BCUT2D eigenvalue weighted by Crippen LogP contribution is 2.30. The Kier molecular flexibility index (Phi) is 5.46. The summed E-state index contributed by atoms with van der Waals surface area (Å²) in [4.78, 5) is 17.3. The molecule has 7 heteroatoms. The summed E-state index contributed by atoms with van der Waals surface area (Å²) in [7, 11) is 1.64. The molecule has 0 bridgehead atoms. The zero-order chi connectivity index (χ0) is 21.3. The predicted octanol–water partition coefficient (Wildman–Crippen LogP) is 5.13. The van der Waals surface area contributed by atoms with E-state index in [1.54, 1.807) is 19.2 Å². The van der Waals surface area contributed by atoms with Gasteiger partial charge in [-0.15, -0.1) is 0 Å². The highest BCUT2D eigenvalue weighted by Gasteiger charge is 2.24. The Labute approximate surface area is 178 Å². The number of hydrogen-bond donors (Lipinski definition) is 1. The molecule has 1 N–H and O–H groups in total. The van der Waals surface area contributed by atoms with Crippen LogP contribution in [0, 0.1) is 19.7 Å². The maximum atomic E-state index is 13.1. The lowest BCUT2D eigenvalue weighted by Gasteiger charge is -2.10. The van der Waals surface area contributed by atoms with Crippen molar-refractivity contribution in [2.75, 3.05) is 7.11 Å². The largest absolute Gasteiger partial charge is 0.497 e. The maximum Gasteiger partial charge on any atom is 0.264 e. The zero-order valence-corrected chi connectivity index (χ0v) is 17.6. The normalized spacial score (nSPS) is 16.3. The van der Waals surface area contributed by atoms with Crippen molar-refractivity contribution in [3.8, 4) is 11.4 Å². The van der Waals surface area contributed by atoms with Gasteiger partial charge in [0, 0.05) is 17.1 Å². The Hall–Kier alpha value is -3.32. The van der Waals surface area contributed by atoms with Gasteiger partial charge in [-0.2, -0.15) is 0 Å². The number of methoxy groups -OCH3 is 1. The Morgan fingerprint density at radius 1 is 1.10 bits per heavy atom. The molecule has 1 saturated heterocycles. The van der Waals surface area contributed by atoms with Gasteiger partial charge in [0.2, 0.25) is 0 Å². The first-order valence-electron chi connectivity index (χ1n) is 9.33. The second kappa shape index (κ2) is 8.20. The molecule has 4 rings (SSSR count). The Balaban J connectivity index is 1.61. The molecule has 30 heavy (non-hydrogen) atoms. The second-order valence-corrected chi connectivity index (χ2v) is 7.85. The van der Waals surface area contributed by atoms with Gasteiger partial charge in [-0.25, -0.2) is 9.38 Å². The fourth-order valence-corrected chi connectivity index (χ4v) is 4.15. The quantitative estimate of drug-likeness (QED) is 0.594. The van der Waals surface area contributed by atoms with Crippen LogP contribution < -0.4 is 10.1 Å². The SMILES string of the molecule is COc1ccc(-n2c(C)cc(/C=C3/SC(=Nc4ccc(F)cc4)NC3=O)c2C)cc1. The van der Waals surface area contributed by atoms with E-state index in [0.29, 0.717) is 15.8 Å². The molecular formula is C23H20FN3O2S. The fraction of sp³-hybridized carbons (Fsp3) is 0.130. The monoisotopic (exact) mass is 421 g/mol. The van der Waals surface area contributed by atoms with Crippen molar-refractivity contribution in [1.82, 2.24) is 9.88 Å². The van der Waals surface area contributed by atoms with Crippen LogP contribution in [0.5, 0.6) is 5.75 Å². The van der Waals surface area contributed by atoms with Crippen LogP contribution in [0.15, 0.2) is 64.5 Å². The molecule has 0 saturated carbocycles. The topological polar surface area (TPSA) is 55.6 Å². The molecule has 152 valence electrons. The van der Waals surface area contributed by atoms with Crippen molar-refractivity contribution in [3.63, 3.8) is 0 Å². The third kappa shape index (κ3) is 4.02. The number of carbonyl (C=O) groups is 1. The number of halogens is 1. The molecular weight excluding hydrogens is 401 g/mol. The first-order chi connectivity index (χ1) is 14.4. The number of ether oxygens (including phenoxy) is 1. The lowest BCUT2D eigenvalue weighted by atomic mass is 10.2. The molecule has 1 aliphatic heterocycles. The summed E-state index contributed by atoms with van der Waals surface area (Å²) >= 11 is 1.27. The predicted molar refractivity (Wildman–Crippen MR) is 119 cm³/mol. The second-order valence-electron chi connectivity index (χ2n) is 6.82. The van der Waals surface area contributed by atoms with Gasteiger partial charge >= 0.3 is 0 Å². The van der Waals surface area contributed by atoms with Gasteiger partial charge in [-0.1, -0.05) is 0 Å². The third-order valence-corrected chi connectivity index (χ3v) is 5.71. The Morgan fingerprint density at radius 3 is 2.47 bits per heavy atom. The zero-order valence-electron chi connectivity index (χ0n) is 16.8. The van der Waals surface area contributed by atoms with Gasteiger partial charge in [0.1, 0.15) is 11.6 Å². The van der Waals surface area contributed by atoms with Gasteiger partial charge in [0.15, 0.2) is 5.17 Å². The number of benzene rings is 2. The van der Waals surface area contributed by atoms with Gasteiger partial charge in [0.05, 0.1) is 17.7 Å². The van der Waals surface area contributed by atoms with Crippen molar-refractivity contribution in [1.29, 1.82) is 0 Å². The number of hydrogen-bond acceptors (Lipinski definition) is 4. The summed E-state index contributed by atoms with van der Waals surface area (Å²) < 4.78 is 20.4. The number of nitrogens with one attached hydrogen (secondary N) is 1. The summed E-state index contributed by atoms with van der Waals surface area (Å²) in [5.41, 5.74) is 4.66. The molecule has 1 amide bonds. The fourth-order valence-electron chi connectivity index (χ4n) is 3.32. The van der Waals surface area contributed by atoms with Crippen molar-refractivity contribution >= 4 is 34.6 Å². The maximum absolute atomic E-state index is 13.1. The van der Waals surface area contributed by atoms with Crippen LogP contribution in [0.3, 0.4) is 0 Å². The van der Waals surface area contributed by atoms with E-state index < -0.39 is 0 Å². The highest BCUT2D eigenvalue weighted by atomic mass is 32.2. The number of aliphatic imine (C=N–C) groups is 1. The van der Waals surface area contributed by atoms with E-state index in [4.69, 9.17) is 4.74 Å². The molecule has 0 aliphatic carbocycles. The summed E-state index contributed by atoms with van der Waals surface area (Å²) in [5, 5.41) is 3.24. The van der Waals surface area contributed by atoms with Gasteiger partial charge in [-0.3, -0.25) is 4.79 Å². The molecule has 5 nitrogen and oxygen atoms in total. The first kappa shape index (κ1) is 20.0. The van der Waals surface area contributed by atoms with E-state index in [1.165, 1.54) is 23.9 Å². The Bertz CT molecular complexity index is 1160. The number of nitrogens with zero attached hydrogens (tertiary/aromatic N) is 2. The number of aromatic nitrogens is 1. The van der Waals surface area contributed by atoms with Crippen LogP contribution in [-0.4, -0.2) is 22.8 Å². The highest BCUT2D eigenvalue weighted by molar-refractivity contribution is 8.18. The Morgan fingerprint density at radius 2 is 1.80 bits per heavy atom. The summed E-state index contributed by atoms with van der Waals surface area (Å²) in [5.74, 6) is 0.278. The number of aryl methyl sites for hydroxylation is 1. The molecule has 1 aromatic heterocycles. The third-order valence-electron chi connectivity index (χ3n) is 4.80. The minimum Gasteiger partial charge on any atom is -0.497 e.